The molecule has 1 aromatic heterocycles. The fourth-order valence-corrected chi connectivity index (χ4v) is 1.95. The number of aryl methyl sites for hydroxylation is 2. The van der Waals surface area contributed by atoms with Crippen LogP contribution in [0.3, 0.4) is 0 Å². The SMILES string of the molecule is COc1cc(C)cc(C)c1-c1ccnc(=O)[nH]1. The number of hydrogen-bond acceptors (Lipinski definition) is 3. The Bertz CT molecular complexity index is 603. The van der Waals surface area contributed by atoms with Gasteiger partial charge in [-0.1, -0.05) is 6.07 Å². The second-order valence-corrected chi connectivity index (χ2v) is 3.95. The minimum Gasteiger partial charge on any atom is -0.496 e. The van der Waals surface area contributed by atoms with Crippen LogP contribution in [0.15, 0.2) is 29.2 Å². The highest BCUT2D eigenvalue weighted by Gasteiger charge is 2.10. The molecule has 0 aliphatic carbocycles. The van der Waals surface area contributed by atoms with Gasteiger partial charge in [0.25, 0.3) is 0 Å². The lowest BCUT2D eigenvalue weighted by molar-refractivity contribution is 0.415. The van der Waals surface area contributed by atoms with Gasteiger partial charge in [0.05, 0.1) is 12.8 Å². The van der Waals surface area contributed by atoms with Gasteiger partial charge in [0.1, 0.15) is 5.75 Å². The molecule has 0 bridgehead atoms. The van der Waals surface area contributed by atoms with E-state index < -0.39 is 0 Å². The predicted molar refractivity (Wildman–Crippen MR) is 66.3 cm³/mol. The molecule has 1 aromatic carbocycles. The van der Waals surface area contributed by atoms with Gasteiger partial charge in [0.15, 0.2) is 0 Å². The maximum absolute atomic E-state index is 11.2. The van der Waals surface area contributed by atoms with Gasteiger partial charge in [0.2, 0.25) is 0 Å². The van der Waals surface area contributed by atoms with Crippen LogP contribution in [0.4, 0.5) is 0 Å². The molecule has 4 nitrogen and oxygen atoms in total. The van der Waals surface area contributed by atoms with E-state index in [9.17, 15) is 4.79 Å². The summed E-state index contributed by atoms with van der Waals surface area (Å²) in [5.74, 6) is 0.754. The van der Waals surface area contributed by atoms with Crippen LogP contribution < -0.4 is 10.4 Å². The highest BCUT2D eigenvalue weighted by atomic mass is 16.5. The van der Waals surface area contributed by atoms with Gasteiger partial charge in [-0.25, -0.2) is 9.78 Å². The zero-order valence-electron chi connectivity index (χ0n) is 10.1. The Morgan fingerprint density at radius 2 is 2.06 bits per heavy atom. The smallest absolute Gasteiger partial charge is 0.345 e. The Hall–Kier alpha value is -2.10. The van der Waals surface area contributed by atoms with Crippen molar-refractivity contribution in [3.8, 4) is 17.0 Å². The summed E-state index contributed by atoms with van der Waals surface area (Å²) < 4.78 is 5.36. The fourth-order valence-electron chi connectivity index (χ4n) is 1.95. The molecule has 0 atom stereocenters. The summed E-state index contributed by atoms with van der Waals surface area (Å²) in [5, 5.41) is 0. The summed E-state index contributed by atoms with van der Waals surface area (Å²) in [6.45, 7) is 4.00. The van der Waals surface area contributed by atoms with Crippen LogP contribution in [0, 0.1) is 13.8 Å². The van der Waals surface area contributed by atoms with Crippen LogP contribution in [-0.4, -0.2) is 17.1 Å². The summed E-state index contributed by atoms with van der Waals surface area (Å²) in [4.78, 5) is 17.6. The van der Waals surface area contributed by atoms with Gasteiger partial charge in [0, 0.05) is 11.8 Å². The average molecular weight is 230 g/mol. The van der Waals surface area contributed by atoms with Crippen molar-refractivity contribution in [3.05, 3.63) is 46.0 Å². The Balaban J connectivity index is 2.70. The molecule has 0 fully saturated rings. The number of aromatic nitrogens is 2. The topological polar surface area (TPSA) is 55.0 Å². The first-order valence-corrected chi connectivity index (χ1v) is 5.33. The number of aromatic amines is 1. The van der Waals surface area contributed by atoms with Gasteiger partial charge in [-0.2, -0.15) is 0 Å². The molecule has 2 aromatic rings. The van der Waals surface area contributed by atoms with Crippen LogP contribution >= 0.6 is 0 Å². The van der Waals surface area contributed by atoms with E-state index in [1.165, 1.54) is 6.20 Å². The van der Waals surface area contributed by atoms with Gasteiger partial charge in [-0.3, -0.25) is 0 Å². The molecular weight excluding hydrogens is 216 g/mol. The number of ether oxygens (including phenoxy) is 1. The molecule has 1 N–H and O–H groups in total. The molecular formula is C13H14N2O2. The van der Waals surface area contributed by atoms with E-state index in [0.29, 0.717) is 0 Å². The van der Waals surface area contributed by atoms with E-state index in [2.05, 4.69) is 16.0 Å². The maximum atomic E-state index is 11.2. The minimum absolute atomic E-state index is 0.357. The number of methoxy groups -OCH3 is 1. The van der Waals surface area contributed by atoms with Crippen molar-refractivity contribution < 1.29 is 4.74 Å². The summed E-state index contributed by atoms with van der Waals surface area (Å²) in [6, 6.07) is 5.76. The van der Waals surface area contributed by atoms with Crippen molar-refractivity contribution >= 4 is 0 Å². The van der Waals surface area contributed by atoms with Gasteiger partial charge >= 0.3 is 5.69 Å². The van der Waals surface area contributed by atoms with Gasteiger partial charge < -0.3 is 9.72 Å². The Morgan fingerprint density at radius 1 is 1.29 bits per heavy atom. The van der Waals surface area contributed by atoms with Crippen LogP contribution in [0.1, 0.15) is 11.1 Å². The van der Waals surface area contributed by atoms with Crippen molar-refractivity contribution in [2.75, 3.05) is 7.11 Å². The molecule has 0 radical (unpaired) electrons. The quantitative estimate of drug-likeness (QED) is 0.859. The minimum atomic E-state index is -0.357. The van der Waals surface area contributed by atoms with Crippen molar-refractivity contribution in [1.82, 2.24) is 9.97 Å². The van der Waals surface area contributed by atoms with Crippen LogP contribution in [0.25, 0.3) is 11.3 Å². The first kappa shape index (κ1) is 11.4. The molecule has 17 heavy (non-hydrogen) atoms. The second-order valence-electron chi connectivity index (χ2n) is 3.95. The van der Waals surface area contributed by atoms with E-state index >= 15 is 0 Å². The monoisotopic (exact) mass is 230 g/mol. The maximum Gasteiger partial charge on any atom is 0.345 e. The standard InChI is InChI=1S/C13H14N2O2/c1-8-6-9(2)12(11(7-8)17-3)10-4-5-14-13(16)15-10/h4-7H,1-3H3,(H,14,15,16). The number of H-pyrrole nitrogens is 1. The van der Waals surface area contributed by atoms with Crippen molar-refractivity contribution in [2.45, 2.75) is 13.8 Å². The molecule has 0 unspecified atom stereocenters. The zero-order chi connectivity index (χ0) is 12.4. The lowest BCUT2D eigenvalue weighted by Crippen LogP contribution is -2.10. The highest BCUT2D eigenvalue weighted by Crippen LogP contribution is 2.32. The molecule has 0 spiro atoms. The first-order valence-electron chi connectivity index (χ1n) is 5.33. The Morgan fingerprint density at radius 3 is 2.71 bits per heavy atom. The normalized spacial score (nSPS) is 10.3. The van der Waals surface area contributed by atoms with E-state index in [0.717, 1.165) is 28.1 Å². The van der Waals surface area contributed by atoms with E-state index in [1.807, 2.05) is 19.9 Å². The Kier molecular flexibility index (Phi) is 2.95. The molecule has 1 heterocycles. The number of rotatable bonds is 2. The summed E-state index contributed by atoms with van der Waals surface area (Å²) in [7, 11) is 1.62. The lowest BCUT2D eigenvalue weighted by Gasteiger charge is -2.12. The molecule has 88 valence electrons. The van der Waals surface area contributed by atoms with E-state index in [-0.39, 0.29) is 5.69 Å². The lowest BCUT2D eigenvalue weighted by atomic mass is 10.0. The predicted octanol–water partition coefficient (Wildman–Crippen LogP) is 2.06. The van der Waals surface area contributed by atoms with Gasteiger partial charge in [-0.05, 0) is 37.1 Å². The molecule has 0 saturated carbocycles. The number of hydrogen-bond donors (Lipinski definition) is 1. The number of nitrogens with one attached hydrogen (secondary N) is 1. The fraction of sp³-hybridized carbons (Fsp3) is 0.231. The third-order valence-electron chi connectivity index (χ3n) is 2.61. The molecule has 0 saturated heterocycles. The summed E-state index contributed by atoms with van der Waals surface area (Å²) in [5.41, 5.74) is 3.45. The van der Waals surface area contributed by atoms with Crippen molar-refractivity contribution in [3.63, 3.8) is 0 Å². The summed E-state index contributed by atoms with van der Waals surface area (Å²) in [6.07, 6.45) is 1.49. The van der Waals surface area contributed by atoms with Crippen LogP contribution in [-0.2, 0) is 0 Å². The van der Waals surface area contributed by atoms with E-state index in [1.54, 1.807) is 13.2 Å². The molecule has 2 rings (SSSR count). The molecule has 0 aliphatic rings. The van der Waals surface area contributed by atoms with Crippen LogP contribution in [0.2, 0.25) is 0 Å². The van der Waals surface area contributed by atoms with E-state index in [4.69, 9.17) is 4.74 Å². The zero-order valence-corrected chi connectivity index (χ0v) is 10.1. The summed E-state index contributed by atoms with van der Waals surface area (Å²) >= 11 is 0. The molecule has 4 heteroatoms. The number of nitrogens with zero attached hydrogens (tertiary/aromatic N) is 1. The molecule has 0 aliphatic heterocycles. The van der Waals surface area contributed by atoms with Crippen molar-refractivity contribution in [2.24, 2.45) is 0 Å². The first-order chi connectivity index (χ1) is 8.11. The number of benzene rings is 1. The van der Waals surface area contributed by atoms with Crippen LogP contribution in [0.5, 0.6) is 5.75 Å². The third kappa shape index (κ3) is 2.20. The molecule has 0 amide bonds. The highest BCUT2D eigenvalue weighted by molar-refractivity contribution is 5.71. The largest absolute Gasteiger partial charge is 0.496 e. The second kappa shape index (κ2) is 4.41. The average Bonchev–Trinajstić information content (AvgIpc) is 2.27. The Labute approximate surface area is 99.3 Å². The van der Waals surface area contributed by atoms with Crippen molar-refractivity contribution in [1.29, 1.82) is 0 Å². The third-order valence-corrected chi connectivity index (χ3v) is 2.61. The van der Waals surface area contributed by atoms with Gasteiger partial charge in [-0.15, -0.1) is 0 Å².